The van der Waals surface area contributed by atoms with Gasteiger partial charge in [-0.3, -0.25) is 19.3 Å². The van der Waals surface area contributed by atoms with Crippen LogP contribution in [0.3, 0.4) is 0 Å². The number of ether oxygens (including phenoxy) is 1. The second-order valence-electron chi connectivity index (χ2n) is 7.60. The molecule has 1 unspecified atom stereocenters. The van der Waals surface area contributed by atoms with Crippen molar-refractivity contribution in [2.24, 2.45) is 17.8 Å². The Balaban J connectivity index is 2.07. The number of amides is 3. The number of nitrogens with zero attached hydrogens (tertiary/aromatic N) is 1. The highest BCUT2D eigenvalue weighted by molar-refractivity contribution is 6.02. The maximum absolute atomic E-state index is 11.8. The molecule has 1 rings (SSSR count). The molecule has 0 radical (unpaired) electrons. The quantitative estimate of drug-likeness (QED) is 0.431. The van der Waals surface area contributed by atoms with Gasteiger partial charge in [0.05, 0.1) is 0 Å². The van der Waals surface area contributed by atoms with Crippen LogP contribution in [0.15, 0.2) is 0 Å². The number of nitrogens with one attached hydrogen (secondary N) is 1. The lowest BCUT2D eigenvalue weighted by Crippen LogP contribution is -2.34. The Labute approximate surface area is 151 Å². The van der Waals surface area contributed by atoms with Crippen LogP contribution in [0.25, 0.3) is 0 Å². The lowest BCUT2D eigenvalue weighted by Gasteiger charge is -2.22. The average molecular weight is 354 g/mol. The van der Waals surface area contributed by atoms with Crippen LogP contribution in [0.2, 0.25) is 0 Å². The molecule has 1 N–H and O–H groups in total. The Kier molecular flexibility index (Phi) is 9.71. The third kappa shape index (κ3) is 8.47. The van der Waals surface area contributed by atoms with Crippen LogP contribution in [0.1, 0.15) is 59.8 Å². The molecule has 6 nitrogen and oxygen atoms in total. The van der Waals surface area contributed by atoms with Crippen LogP contribution >= 0.6 is 0 Å². The smallest absolute Gasteiger partial charge is 0.229 e. The second kappa shape index (κ2) is 11.2. The van der Waals surface area contributed by atoms with E-state index in [1.807, 2.05) is 0 Å². The van der Waals surface area contributed by atoms with Crippen molar-refractivity contribution >= 4 is 17.7 Å². The third-order valence-electron chi connectivity index (χ3n) is 4.55. The van der Waals surface area contributed by atoms with Gasteiger partial charge in [0, 0.05) is 45.6 Å². The number of likely N-dealkylation sites (tertiary alicyclic amines) is 1. The van der Waals surface area contributed by atoms with E-state index in [1.54, 1.807) is 0 Å². The molecule has 0 aromatic rings. The standard InChI is InChI=1S/C19H34N2O4/c1-14(2)12-16(15(3)4)13-25-11-5-9-20-17(22)8-10-21-18(23)6-7-19(21)24/h14-16H,5-13H2,1-4H3,(H,20,22). The highest BCUT2D eigenvalue weighted by atomic mass is 16.5. The monoisotopic (exact) mass is 354 g/mol. The van der Waals surface area contributed by atoms with Gasteiger partial charge in [-0.05, 0) is 30.6 Å². The number of carbonyl (C=O) groups is 3. The highest BCUT2D eigenvalue weighted by Crippen LogP contribution is 2.20. The van der Waals surface area contributed by atoms with Crippen molar-refractivity contribution in [3.05, 3.63) is 0 Å². The summed E-state index contributed by atoms with van der Waals surface area (Å²) >= 11 is 0. The lowest BCUT2D eigenvalue weighted by molar-refractivity contribution is -0.138. The summed E-state index contributed by atoms with van der Waals surface area (Å²) in [6.45, 7) is 11.1. The predicted molar refractivity (Wildman–Crippen MR) is 96.8 cm³/mol. The third-order valence-corrected chi connectivity index (χ3v) is 4.55. The molecule has 0 aromatic carbocycles. The van der Waals surface area contributed by atoms with Crippen molar-refractivity contribution < 1.29 is 19.1 Å². The maximum Gasteiger partial charge on any atom is 0.229 e. The molecular weight excluding hydrogens is 320 g/mol. The lowest BCUT2D eigenvalue weighted by atomic mass is 9.88. The van der Waals surface area contributed by atoms with Crippen molar-refractivity contribution in [3.8, 4) is 0 Å². The predicted octanol–water partition coefficient (Wildman–Crippen LogP) is 2.37. The number of rotatable bonds is 12. The molecule has 6 heteroatoms. The van der Waals surface area contributed by atoms with Gasteiger partial charge in [0.2, 0.25) is 17.7 Å². The second-order valence-corrected chi connectivity index (χ2v) is 7.60. The summed E-state index contributed by atoms with van der Waals surface area (Å²) in [6.07, 6.45) is 2.64. The zero-order valence-electron chi connectivity index (χ0n) is 16.2. The normalized spacial score (nSPS) is 16.2. The van der Waals surface area contributed by atoms with Crippen molar-refractivity contribution in [2.75, 3.05) is 26.3 Å². The zero-order chi connectivity index (χ0) is 18.8. The van der Waals surface area contributed by atoms with E-state index in [0.717, 1.165) is 13.0 Å². The van der Waals surface area contributed by atoms with E-state index in [2.05, 4.69) is 33.0 Å². The van der Waals surface area contributed by atoms with Gasteiger partial charge in [-0.2, -0.15) is 0 Å². The minimum Gasteiger partial charge on any atom is -0.381 e. The molecule has 1 saturated heterocycles. The van der Waals surface area contributed by atoms with Gasteiger partial charge < -0.3 is 10.1 Å². The van der Waals surface area contributed by atoms with Gasteiger partial charge >= 0.3 is 0 Å². The Morgan fingerprint density at radius 2 is 1.80 bits per heavy atom. The molecule has 0 saturated carbocycles. The number of carbonyl (C=O) groups excluding carboxylic acids is 3. The largest absolute Gasteiger partial charge is 0.381 e. The first-order chi connectivity index (χ1) is 11.8. The van der Waals surface area contributed by atoms with Crippen molar-refractivity contribution in [1.29, 1.82) is 0 Å². The molecule has 0 bridgehead atoms. The number of hydrogen-bond donors (Lipinski definition) is 1. The number of imide groups is 1. The fourth-order valence-electron chi connectivity index (χ4n) is 2.95. The molecule has 1 fully saturated rings. The maximum atomic E-state index is 11.8. The van der Waals surface area contributed by atoms with Gasteiger partial charge in [0.25, 0.3) is 0 Å². The summed E-state index contributed by atoms with van der Waals surface area (Å²) < 4.78 is 5.76. The van der Waals surface area contributed by atoms with E-state index in [1.165, 1.54) is 11.3 Å². The van der Waals surface area contributed by atoms with Crippen molar-refractivity contribution in [3.63, 3.8) is 0 Å². The van der Waals surface area contributed by atoms with Gasteiger partial charge in [-0.25, -0.2) is 0 Å². The van der Waals surface area contributed by atoms with Gasteiger partial charge in [0.1, 0.15) is 0 Å². The first-order valence-electron chi connectivity index (χ1n) is 9.48. The van der Waals surface area contributed by atoms with E-state index < -0.39 is 0 Å². The fraction of sp³-hybridized carbons (Fsp3) is 0.842. The molecule has 144 valence electrons. The summed E-state index contributed by atoms with van der Waals surface area (Å²) in [4.78, 5) is 35.9. The molecule has 1 heterocycles. The summed E-state index contributed by atoms with van der Waals surface area (Å²) in [5, 5.41) is 2.81. The van der Waals surface area contributed by atoms with E-state index >= 15 is 0 Å². The number of hydrogen-bond acceptors (Lipinski definition) is 4. The molecule has 1 atom stereocenters. The van der Waals surface area contributed by atoms with Crippen molar-refractivity contribution in [1.82, 2.24) is 10.2 Å². The minimum atomic E-state index is -0.174. The van der Waals surface area contributed by atoms with Crippen LogP contribution in [-0.2, 0) is 19.1 Å². The Hall–Kier alpha value is -1.43. The van der Waals surface area contributed by atoms with Gasteiger partial charge in [0.15, 0.2) is 0 Å². The summed E-state index contributed by atoms with van der Waals surface area (Å²) in [5.74, 6) is 1.37. The van der Waals surface area contributed by atoms with Crippen LogP contribution < -0.4 is 5.32 Å². The Morgan fingerprint density at radius 3 is 2.36 bits per heavy atom. The van der Waals surface area contributed by atoms with Crippen LogP contribution in [0, 0.1) is 17.8 Å². The van der Waals surface area contributed by atoms with E-state index in [9.17, 15) is 14.4 Å². The first-order valence-corrected chi connectivity index (χ1v) is 9.48. The summed E-state index contributed by atoms with van der Waals surface area (Å²) in [6, 6.07) is 0. The van der Waals surface area contributed by atoms with Crippen LogP contribution in [0.4, 0.5) is 0 Å². The zero-order valence-corrected chi connectivity index (χ0v) is 16.2. The molecule has 0 spiro atoms. The molecule has 3 amide bonds. The molecule has 0 aromatic heterocycles. The molecular formula is C19H34N2O4. The topological polar surface area (TPSA) is 75.7 Å². The average Bonchev–Trinajstić information content (AvgIpc) is 2.85. The van der Waals surface area contributed by atoms with Crippen LogP contribution in [0.5, 0.6) is 0 Å². The molecule has 1 aliphatic heterocycles. The molecule has 0 aliphatic carbocycles. The highest BCUT2D eigenvalue weighted by Gasteiger charge is 2.28. The van der Waals surface area contributed by atoms with E-state index in [4.69, 9.17) is 4.74 Å². The summed E-state index contributed by atoms with van der Waals surface area (Å²) in [5.41, 5.74) is 0. The minimum absolute atomic E-state index is 0.132. The Bertz CT molecular complexity index is 433. The summed E-state index contributed by atoms with van der Waals surface area (Å²) in [7, 11) is 0. The van der Waals surface area contributed by atoms with Gasteiger partial charge in [-0.1, -0.05) is 27.7 Å². The van der Waals surface area contributed by atoms with E-state index in [-0.39, 0.29) is 43.5 Å². The Morgan fingerprint density at radius 1 is 1.16 bits per heavy atom. The van der Waals surface area contributed by atoms with E-state index in [0.29, 0.717) is 30.9 Å². The molecule has 1 aliphatic rings. The van der Waals surface area contributed by atoms with Crippen molar-refractivity contribution in [2.45, 2.75) is 59.8 Å². The fourth-order valence-corrected chi connectivity index (χ4v) is 2.95. The molecule has 25 heavy (non-hydrogen) atoms. The first kappa shape index (κ1) is 21.6. The SMILES string of the molecule is CC(C)CC(COCCCNC(=O)CCN1C(=O)CCC1=O)C(C)C. The van der Waals surface area contributed by atoms with Gasteiger partial charge in [-0.15, -0.1) is 0 Å². The van der Waals surface area contributed by atoms with Crippen LogP contribution in [-0.4, -0.2) is 48.9 Å².